The zero-order chi connectivity index (χ0) is 8.43. The number of likely N-dealkylation sites (tertiary alicyclic amines) is 1. The highest BCUT2D eigenvalue weighted by Crippen LogP contribution is 2.16. The largest absolute Gasteiger partial charge is 0.465 e. The smallest absolute Gasteiger partial charge is 0.407 e. The van der Waals surface area contributed by atoms with Crippen molar-refractivity contribution >= 4 is 11.9 Å². The van der Waals surface area contributed by atoms with Crippen LogP contribution in [0.4, 0.5) is 4.79 Å². The van der Waals surface area contributed by atoms with Crippen molar-refractivity contribution in [3.05, 3.63) is 0 Å². The van der Waals surface area contributed by atoms with E-state index in [1.54, 1.807) is 0 Å². The van der Waals surface area contributed by atoms with Gasteiger partial charge in [-0.2, -0.15) is 0 Å². The molecule has 0 aliphatic carbocycles. The fourth-order valence-corrected chi connectivity index (χ4v) is 1.27. The van der Waals surface area contributed by atoms with Gasteiger partial charge < -0.3 is 10.0 Å². The normalized spacial score (nSPS) is 23.7. The third-order valence-corrected chi connectivity index (χ3v) is 2.03. The summed E-state index contributed by atoms with van der Waals surface area (Å²) in [6.45, 7) is 2.39. The van der Waals surface area contributed by atoms with Gasteiger partial charge in [-0.1, -0.05) is 0 Å². The van der Waals surface area contributed by atoms with E-state index in [-0.39, 0.29) is 11.7 Å². The highest BCUT2D eigenvalue weighted by molar-refractivity contribution is 5.79. The molecule has 1 heterocycles. The zero-order valence-corrected chi connectivity index (χ0v) is 6.41. The van der Waals surface area contributed by atoms with E-state index in [0.29, 0.717) is 19.5 Å². The minimum atomic E-state index is -0.922. The van der Waals surface area contributed by atoms with Gasteiger partial charge in [-0.05, 0) is 13.3 Å². The number of nitrogens with zero attached hydrogens (tertiary/aromatic N) is 1. The summed E-state index contributed by atoms with van der Waals surface area (Å²) in [6.07, 6.45) is -0.240. The van der Waals surface area contributed by atoms with Gasteiger partial charge in [-0.25, -0.2) is 4.79 Å². The maximum Gasteiger partial charge on any atom is 0.407 e. The second-order valence-corrected chi connectivity index (χ2v) is 2.82. The van der Waals surface area contributed by atoms with Gasteiger partial charge in [0.25, 0.3) is 0 Å². The van der Waals surface area contributed by atoms with Crippen LogP contribution in [0.1, 0.15) is 13.3 Å². The van der Waals surface area contributed by atoms with Gasteiger partial charge in [-0.15, -0.1) is 0 Å². The van der Waals surface area contributed by atoms with Crippen LogP contribution in [-0.2, 0) is 4.79 Å². The number of Topliss-reactive ketones (excluding diaryl/α,β-unsaturated/α-hetero) is 1. The minimum absolute atomic E-state index is 0.0638. The molecular formula is C7H11NO3. The maximum absolute atomic E-state index is 10.8. The number of amides is 1. The van der Waals surface area contributed by atoms with Crippen LogP contribution in [0.5, 0.6) is 0 Å². The number of carboxylic acid groups (broad SMARTS) is 1. The first-order chi connectivity index (χ1) is 5.11. The summed E-state index contributed by atoms with van der Waals surface area (Å²) in [5, 5.41) is 8.53. The zero-order valence-electron chi connectivity index (χ0n) is 6.41. The summed E-state index contributed by atoms with van der Waals surface area (Å²) in [5.41, 5.74) is 0. The van der Waals surface area contributed by atoms with E-state index >= 15 is 0 Å². The molecule has 1 amide bonds. The number of ketones is 1. The molecule has 11 heavy (non-hydrogen) atoms. The summed E-state index contributed by atoms with van der Waals surface area (Å²) in [4.78, 5) is 22.5. The Balaban J connectivity index is 2.47. The molecule has 0 aromatic rings. The van der Waals surface area contributed by atoms with E-state index in [2.05, 4.69) is 0 Å². The maximum atomic E-state index is 10.8. The average molecular weight is 157 g/mol. The van der Waals surface area contributed by atoms with Gasteiger partial charge in [0.1, 0.15) is 5.78 Å². The van der Waals surface area contributed by atoms with Crippen LogP contribution in [0.25, 0.3) is 0 Å². The Hall–Kier alpha value is -1.06. The van der Waals surface area contributed by atoms with Gasteiger partial charge >= 0.3 is 6.09 Å². The molecule has 1 fully saturated rings. The predicted molar refractivity (Wildman–Crippen MR) is 38.4 cm³/mol. The van der Waals surface area contributed by atoms with Crippen molar-refractivity contribution in [2.24, 2.45) is 5.92 Å². The first-order valence-electron chi connectivity index (χ1n) is 3.59. The summed E-state index contributed by atoms with van der Waals surface area (Å²) in [6, 6.07) is 0. The van der Waals surface area contributed by atoms with Gasteiger partial charge in [0.15, 0.2) is 0 Å². The van der Waals surface area contributed by atoms with Gasteiger partial charge in [0, 0.05) is 19.0 Å². The third-order valence-electron chi connectivity index (χ3n) is 2.03. The molecule has 0 unspecified atom stereocenters. The molecule has 1 aliphatic heterocycles. The van der Waals surface area contributed by atoms with Gasteiger partial charge in [0.05, 0.1) is 0 Å². The molecule has 0 aromatic heterocycles. The molecule has 0 aromatic carbocycles. The lowest BCUT2D eigenvalue weighted by Gasteiger charge is -2.09. The summed E-state index contributed by atoms with van der Waals surface area (Å²) < 4.78 is 0. The van der Waals surface area contributed by atoms with Crippen molar-refractivity contribution in [3.8, 4) is 0 Å². The Morgan fingerprint density at radius 2 is 2.18 bits per heavy atom. The molecule has 1 rings (SSSR count). The van der Waals surface area contributed by atoms with Gasteiger partial charge in [0.2, 0.25) is 0 Å². The molecule has 4 nitrogen and oxygen atoms in total. The Morgan fingerprint density at radius 1 is 1.55 bits per heavy atom. The van der Waals surface area contributed by atoms with Crippen molar-refractivity contribution in [2.75, 3.05) is 13.1 Å². The first kappa shape index (κ1) is 8.04. The molecular weight excluding hydrogens is 146 g/mol. The van der Waals surface area contributed by atoms with Crippen molar-refractivity contribution in [3.63, 3.8) is 0 Å². The standard InChI is InChI=1S/C7H11NO3/c1-5(9)6-2-3-8(4-6)7(10)11/h6H,2-4H2,1H3,(H,10,11)/t6-/m0/s1. The highest BCUT2D eigenvalue weighted by atomic mass is 16.4. The second-order valence-electron chi connectivity index (χ2n) is 2.82. The predicted octanol–water partition coefficient (Wildman–Crippen LogP) is 0.575. The van der Waals surface area contributed by atoms with Crippen LogP contribution in [0.3, 0.4) is 0 Å². The lowest BCUT2D eigenvalue weighted by atomic mass is 10.1. The van der Waals surface area contributed by atoms with E-state index < -0.39 is 6.09 Å². The highest BCUT2D eigenvalue weighted by Gasteiger charge is 2.28. The van der Waals surface area contributed by atoms with Crippen molar-refractivity contribution in [1.29, 1.82) is 0 Å². The van der Waals surface area contributed by atoms with Crippen LogP contribution in [0.2, 0.25) is 0 Å². The topological polar surface area (TPSA) is 57.6 Å². The van der Waals surface area contributed by atoms with Crippen LogP contribution in [0, 0.1) is 5.92 Å². The third kappa shape index (κ3) is 1.69. The summed E-state index contributed by atoms with van der Waals surface area (Å²) in [7, 11) is 0. The fraction of sp³-hybridized carbons (Fsp3) is 0.714. The number of rotatable bonds is 1. The second kappa shape index (κ2) is 2.90. The summed E-state index contributed by atoms with van der Waals surface area (Å²) >= 11 is 0. The van der Waals surface area contributed by atoms with Crippen LogP contribution in [-0.4, -0.2) is 35.0 Å². The fourth-order valence-electron chi connectivity index (χ4n) is 1.27. The Morgan fingerprint density at radius 3 is 2.45 bits per heavy atom. The molecule has 1 saturated heterocycles. The Labute approximate surface area is 64.8 Å². The first-order valence-corrected chi connectivity index (χ1v) is 3.59. The van der Waals surface area contributed by atoms with Crippen LogP contribution < -0.4 is 0 Å². The van der Waals surface area contributed by atoms with Crippen LogP contribution in [0.15, 0.2) is 0 Å². The molecule has 0 radical (unpaired) electrons. The molecule has 1 N–H and O–H groups in total. The van der Waals surface area contributed by atoms with E-state index in [0.717, 1.165) is 0 Å². The van der Waals surface area contributed by atoms with E-state index in [9.17, 15) is 9.59 Å². The Bertz CT molecular complexity index is 170. The quantitative estimate of drug-likeness (QED) is 0.605. The van der Waals surface area contributed by atoms with Gasteiger partial charge in [-0.3, -0.25) is 4.79 Å². The molecule has 1 aliphatic rings. The minimum Gasteiger partial charge on any atom is -0.465 e. The number of hydrogen-bond acceptors (Lipinski definition) is 2. The number of carbonyl (C=O) groups is 2. The molecule has 0 bridgehead atoms. The molecule has 0 saturated carbocycles. The van der Waals surface area contributed by atoms with E-state index in [4.69, 9.17) is 5.11 Å². The van der Waals surface area contributed by atoms with E-state index in [1.165, 1.54) is 11.8 Å². The van der Waals surface area contributed by atoms with Crippen molar-refractivity contribution < 1.29 is 14.7 Å². The van der Waals surface area contributed by atoms with E-state index in [1.807, 2.05) is 0 Å². The molecule has 4 heteroatoms. The SMILES string of the molecule is CC(=O)[C@H]1CCN(C(=O)O)C1. The number of hydrogen-bond donors (Lipinski definition) is 1. The molecule has 1 atom stereocenters. The van der Waals surface area contributed by atoms with Crippen LogP contribution >= 0.6 is 0 Å². The van der Waals surface area contributed by atoms with Crippen molar-refractivity contribution in [1.82, 2.24) is 4.90 Å². The molecule has 0 spiro atoms. The lowest BCUT2D eigenvalue weighted by molar-refractivity contribution is -0.120. The summed E-state index contributed by atoms with van der Waals surface area (Å²) in [5.74, 6) is 0.0276. The Kier molecular flexibility index (Phi) is 2.12. The number of carbonyl (C=O) groups excluding carboxylic acids is 1. The average Bonchev–Trinajstić information content (AvgIpc) is 2.33. The lowest BCUT2D eigenvalue weighted by Crippen LogP contribution is -2.27. The van der Waals surface area contributed by atoms with Crippen molar-refractivity contribution in [2.45, 2.75) is 13.3 Å². The monoisotopic (exact) mass is 157 g/mol. The molecule has 62 valence electrons.